The molecule has 1 aromatic carbocycles. The largest absolute Gasteiger partial charge is 0.493 e. The minimum Gasteiger partial charge on any atom is -0.493 e. The van der Waals surface area contributed by atoms with Gasteiger partial charge in [-0.2, -0.15) is 0 Å². The minimum absolute atomic E-state index is 0.356. The molecule has 0 unspecified atom stereocenters. The molecule has 1 amide bonds. The van der Waals surface area contributed by atoms with Crippen LogP contribution in [0, 0.1) is 0 Å². The number of Topliss-reactive ketones (excluding diaryl/α,β-unsaturated/α-hetero) is 1. The van der Waals surface area contributed by atoms with Crippen LogP contribution in [0.4, 0.5) is 0 Å². The van der Waals surface area contributed by atoms with Gasteiger partial charge in [-0.05, 0) is 13.1 Å². The van der Waals surface area contributed by atoms with Crippen molar-refractivity contribution in [3.05, 3.63) is 23.9 Å². The molecule has 1 aliphatic rings. The first kappa shape index (κ1) is 16.3. The molecule has 7 nitrogen and oxygen atoms in total. The highest BCUT2D eigenvalue weighted by molar-refractivity contribution is 6.44. The first-order chi connectivity index (χ1) is 11.5. The SMILES string of the molecule is COc1cc2[nH]cc(C(=O)C(=O)N3CCN(C)CC3)c2cc1OC. The summed E-state index contributed by atoms with van der Waals surface area (Å²) in [5.41, 5.74) is 1.08. The predicted molar refractivity (Wildman–Crippen MR) is 89.8 cm³/mol. The van der Waals surface area contributed by atoms with Gasteiger partial charge in [0.25, 0.3) is 11.7 Å². The van der Waals surface area contributed by atoms with E-state index in [2.05, 4.69) is 9.88 Å². The fourth-order valence-corrected chi connectivity index (χ4v) is 2.91. The molecule has 0 spiro atoms. The van der Waals surface area contributed by atoms with Crippen LogP contribution in [0.15, 0.2) is 18.3 Å². The van der Waals surface area contributed by atoms with Gasteiger partial charge < -0.3 is 24.3 Å². The number of rotatable bonds is 4. The highest BCUT2D eigenvalue weighted by Gasteiger charge is 2.28. The first-order valence-electron chi connectivity index (χ1n) is 7.80. The molecular weight excluding hydrogens is 310 g/mol. The average Bonchev–Trinajstić information content (AvgIpc) is 3.02. The molecule has 7 heteroatoms. The molecule has 0 atom stereocenters. The number of carbonyl (C=O) groups excluding carboxylic acids is 2. The van der Waals surface area contributed by atoms with E-state index in [4.69, 9.17) is 9.47 Å². The lowest BCUT2D eigenvalue weighted by Crippen LogP contribution is -2.49. The van der Waals surface area contributed by atoms with Crippen LogP contribution in [0.1, 0.15) is 10.4 Å². The van der Waals surface area contributed by atoms with E-state index in [9.17, 15) is 9.59 Å². The van der Waals surface area contributed by atoms with E-state index in [1.807, 2.05) is 7.05 Å². The van der Waals surface area contributed by atoms with Gasteiger partial charge in [0.15, 0.2) is 11.5 Å². The van der Waals surface area contributed by atoms with E-state index in [0.29, 0.717) is 35.5 Å². The maximum absolute atomic E-state index is 12.7. The van der Waals surface area contributed by atoms with Crippen molar-refractivity contribution in [1.29, 1.82) is 0 Å². The number of H-pyrrole nitrogens is 1. The third kappa shape index (κ3) is 2.82. The summed E-state index contributed by atoms with van der Waals surface area (Å²) in [5, 5.41) is 0.653. The van der Waals surface area contributed by atoms with Crippen LogP contribution in [0.3, 0.4) is 0 Å². The molecule has 24 heavy (non-hydrogen) atoms. The van der Waals surface area contributed by atoms with Crippen LogP contribution in [-0.4, -0.2) is 73.9 Å². The fraction of sp³-hybridized carbons (Fsp3) is 0.412. The fourth-order valence-electron chi connectivity index (χ4n) is 2.91. The number of hydrogen-bond donors (Lipinski definition) is 1. The minimum atomic E-state index is -0.502. The van der Waals surface area contributed by atoms with Crippen molar-refractivity contribution in [1.82, 2.24) is 14.8 Å². The van der Waals surface area contributed by atoms with Gasteiger partial charge in [-0.25, -0.2) is 0 Å². The highest BCUT2D eigenvalue weighted by atomic mass is 16.5. The van der Waals surface area contributed by atoms with Crippen LogP contribution in [0.25, 0.3) is 10.9 Å². The highest BCUT2D eigenvalue weighted by Crippen LogP contribution is 2.33. The number of likely N-dealkylation sites (N-methyl/N-ethyl adjacent to an activating group) is 1. The van der Waals surface area contributed by atoms with Gasteiger partial charge in [0.05, 0.1) is 25.3 Å². The number of ketones is 1. The van der Waals surface area contributed by atoms with E-state index >= 15 is 0 Å². The lowest BCUT2D eigenvalue weighted by Gasteiger charge is -2.31. The second-order valence-electron chi connectivity index (χ2n) is 5.88. The molecule has 0 aliphatic carbocycles. The molecule has 0 bridgehead atoms. The number of hydrogen-bond acceptors (Lipinski definition) is 5. The summed E-state index contributed by atoms with van der Waals surface area (Å²) in [7, 11) is 5.09. The summed E-state index contributed by atoms with van der Waals surface area (Å²) in [6.45, 7) is 2.69. The summed E-state index contributed by atoms with van der Waals surface area (Å²) >= 11 is 0. The molecule has 128 valence electrons. The van der Waals surface area contributed by atoms with Crippen LogP contribution in [0.2, 0.25) is 0 Å². The van der Waals surface area contributed by atoms with Crippen molar-refractivity contribution in [3.63, 3.8) is 0 Å². The van der Waals surface area contributed by atoms with Gasteiger partial charge >= 0.3 is 0 Å². The molecule has 1 aliphatic heterocycles. The monoisotopic (exact) mass is 331 g/mol. The molecule has 0 saturated carbocycles. The quantitative estimate of drug-likeness (QED) is 0.672. The Morgan fingerprint density at radius 3 is 2.29 bits per heavy atom. The number of benzene rings is 1. The van der Waals surface area contributed by atoms with E-state index in [1.54, 1.807) is 30.3 Å². The number of nitrogens with one attached hydrogen (secondary N) is 1. The van der Waals surface area contributed by atoms with Crippen LogP contribution in [0.5, 0.6) is 11.5 Å². The zero-order valence-electron chi connectivity index (χ0n) is 14.1. The van der Waals surface area contributed by atoms with Gasteiger partial charge in [0.1, 0.15) is 0 Å². The average molecular weight is 331 g/mol. The second kappa shape index (κ2) is 6.52. The van der Waals surface area contributed by atoms with Gasteiger partial charge in [-0.3, -0.25) is 9.59 Å². The molecule has 2 aromatic rings. The number of aromatic amines is 1. The maximum Gasteiger partial charge on any atom is 0.295 e. The Hall–Kier alpha value is -2.54. The van der Waals surface area contributed by atoms with Crippen molar-refractivity contribution < 1.29 is 19.1 Å². The summed E-state index contributed by atoms with van der Waals surface area (Å²) in [6.07, 6.45) is 1.57. The van der Waals surface area contributed by atoms with Crippen molar-refractivity contribution in [2.45, 2.75) is 0 Å². The molecule has 2 heterocycles. The number of fused-ring (bicyclic) bond motifs is 1. The van der Waals surface area contributed by atoms with Crippen molar-refractivity contribution in [2.24, 2.45) is 0 Å². The Morgan fingerprint density at radius 1 is 1.04 bits per heavy atom. The molecule has 0 radical (unpaired) electrons. The summed E-state index contributed by atoms with van der Waals surface area (Å²) in [6, 6.07) is 3.47. The second-order valence-corrected chi connectivity index (χ2v) is 5.88. The van der Waals surface area contributed by atoms with Crippen molar-refractivity contribution in [3.8, 4) is 11.5 Å². The van der Waals surface area contributed by atoms with E-state index in [0.717, 1.165) is 18.6 Å². The summed E-state index contributed by atoms with van der Waals surface area (Å²) in [4.78, 5) is 31.9. The molecule has 1 N–H and O–H groups in total. The van der Waals surface area contributed by atoms with Gasteiger partial charge in [0, 0.05) is 43.8 Å². The topological polar surface area (TPSA) is 74.9 Å². The molecular formula is C17H21N3O4. The van der Waals surface area contributed by atoms with E-state index < -0.39 is 11.7 Å². The molecule has 1 aromatic heterocycles. The third-order valence-corrected chi connectivity index (χ3v) is 4.42. The number of carbonyl (C=O) groups is 2. The number of ether oxygens (including phenoxy) is 2. The van der Waals surface area contributed by atoms with Crippen LogP contribution >= 0.6 is 0 Å². The molecule has 1 fully saturated rings. The summed E-state index contributed by atoms with van der Waals surface area (Å²) in [5.74, 6) is 0.124. The smallest absolute Gasteiger partial charge is 0.295 e. The predicted octanol–water partition coefficient (Wildman–Crippen LogP) is 1.14. The molecule has 3 rings (SSSR count). The number of methoxy groups -OCH3 is 2. The zero-order valence-corrected chi connectivity index (χ0v) is 14.1. The Balaban J connectivity index is 1.91. The van der Waals surface area contributed by atoms with E-state index in [-0.39, 0.29) is 0 Å². The Labute approximate surface area is 140 Å². The lowest BCUT2D eigenvalue weighted by molar-refractivity contribution is -0.127. The lowest BCUT2D eigenvalue weighted by atomic mass is 10.1. The number of aromatic nitrogens is 1. The number of amides is 1. The maximum atomic E-state index is 12.7. The van der Waals surface area contributed by atoms with Crippen LogP contribution in [-0.2, 0) is 4.79 Å². The first-order valence-corrected chi connectivity index (χ1v) is 7.80. The third-order valence-electron chi connectivity index (χ3n) is 4.42. The normalized spacial score (nSPS) is 15.5. The van der Waals surface area contributed by atoms with Gasteiger partial charge in [0.2, 0.25) is 0 Å². The van der Waals surface area contributed by atoms with Crippen molar-refractivity contribution >= 4 is 22.6 Å². The summed E-state index contributed by atoms with van der Waals surface area (Å²) < 4.78 is 10.5. The Morgan fingerprint density at radius 2 is 1.67 bits per heavy atom. The zero-order chi connectivity index (χ0) is 17.3. The van der Waals surface area contributed by atoms with Crippen LogP contribution < -0.4 is 9.47 Å². The number of piperazine rings is 1. The standard InChI is InChI=1S/C17H21N3O4/c1-19-4-6-20(7-5-19)17(22)16(21)12-10-18-13-9-15(24-3)14(23-2)8-11(12)13/h8-10,18H,4-7H2,1-3H3. The van der Waals surface area contributed by atoms with E-state index in [1.165, 1.54) is 7.11 Å². The Kier molecular flexibility index (Phi) is 4.44. The van der Waals surface area contributed by atoms with Crippen molar-refractivity contribution in [2.75, 3.05) is 47.4 Å². The molecule has 1 saturated heterocycles. The van der Waals surface area contributed by atoms with Gasteiger partial charge in [-0.1, -0.05) is 0 Å². The number of nitrogens with zero attached hydrogens (tertiary/aromatic N) is 2. The van der Waals surface area contributed by atoms with Gasteiger partial charge in [-0.15, -0.1) is 0 Å². The Bertz CT molecular complexity index is 775.